The van der Waals surface area contributed by atoms with E-state index in [4.69, 9.17) is 5.11 Å². The lowest BCUT2D eigenvalue weighted by atomic mass is 10.0. The van der Waals surface area contributed by atoms with E-state index in [9.17, 15) is 9.18 Å². The summed E-state index contributed by atoms with van der Waals surface area (Å²) in [6, 6.07) is 9.59. The van der Waals surface area contributed by atoms with Crippen molar-refractivity contribution in [2.45, 2.75) is 19.0 Å². The van der Waals surface area contributed by atoms with Gasteiger partial charge in [0.05, 0.1) is 6.54 Å². The first kappa shape index (κ1) is 18.6. The molecule has 4 nitrogen and oxygen atoms in total. The van der Waals surface area contributed by atoms with E-state index >= 15 is 0 Å². The van der Waals surface area contributed by atoms with Crippen molar-refractivity contribution >= 4 is 17.2 Å². The molecule has 0 spiro atoms. The fraction of sp³-hybridized carbons (Fsp3) is 0.389. The van der Waals surface area contributed by atoms with E-state index in [1.54, 1.807) is 53.4 Å². The van der Waals surface area contributed by atoms with Gasteiger partial charge in [-0.3, -0.25) is 9.69 Å². The Hall–Kier alpha value is -1.76. The molecule has 130 valence electrons. The number of hydrogen-bond acceptors (Lipinski definition) is 4. The zero-order chi connectivity index (χ0) is 17.5. The number of aliphatic hydroxyl groups excluding tert-OH is 1. The molecule has 0 saturated heterocycles. The SMILES string of the molecule is CN(C)C(C(=O)N(CCCO)Cc1cccs1)c1ccccc1F. The van der Waals surface area contributed by atoms with Crippen LogP contribution in [0.5, 0.6) is 0 Å². The molecule has 0 aliphatic carbocycles. The Labute approximate surface area is 146 Å². The molecule has 2 aromatic rings. The van der Waals surface area contributed by atoms with Gasteiger partial charge >= 0.3 is 0 Å². The van der Waals surface area contributed by atoms with Gasteiger partial charge in [-0.15, -0.1) is 11.3 Å². The summed E-state index contributed by atoms with van der Waals surface area (Å²) in [5.41, 5.74) is 0.368. The molecule has 0 radical (unpaired) electrons. The molecule has 0 saturated carbocycles. The van der Waals surface area contributed by atoms with Crippen molar-refractivity contribution in [1.82, 2.24) is 9.80 Å². The third kappa shape index (κ3) is 4.63. The van der Waals surface area contributed by atoms with Crippen LogP contribution in [0.25, 0.3) is 0 Å². The first-order valence-electron chi connectivity index (χ1n) is 7.87. The number of benzene rings is 1. The lowest BCUT2D eigenvalue weighted by molar-refractivity contribution is -0.137. The van der Waals surface area contributed by atoms with E-state index in [-0.39, 0.29) is 18.3 Å². The van der Waals surface area contributed by atoms with Crippen molar-refractivity contribution in [2.24, 2.45) is 0 Å². The average Bonchev–Trinajstić information content (AvgIpc) is 3.06. The van der Waals surface area contributed by atoms with Crippen LogP contribution >= 0.6 is 11.3 Å². The summed E-state index contributed by atoms with van der Waals surface area (Å²) < 4.78 is 14.2. The number of carbonyl (C=O) groups is 1. The fourth-order valence-electron chi connectivity index (χ4n) is 2.62. The minimum Gasteiger partial charge on any atom is -0.396 e. The van der Waals surface area contributed by atoms with Crippen molar-refractivity contribution in [3.63, 3.8) is 0 Å². The number of thiophene rings is 1. The van der Waals surface area contributed by atoms with Crippen LogP contribution in [-0.4, -0.2) is 48.1 Å². The van der Waals surface area contributed by atoms with Crippen LogP contribution in [0.15, 0.2) is 41.8 Å². The summed E-state index contributed by atoms with van der Waals surface area (Å²) in [7, 11) is 3.54. The first-order valence-corrected chi connectivity index (χ1v) is 8.75. The van der Waals surface area contributed by atoms with E-state index in [1.165, 1.54) is 6.07 Å². The summed E-state index contributed by atoms with van der Waals surface area (Å²) in [5, 5.41) is 11.1. The predicted molar refractivity (Wildman–Crippen MR) is 94.3 cm³/mol. The number of carbonyl (C=O) groups excluding carboxylic acids is 1. The van der Waals surface area contributed by atoms with Crippen LogP contribution in [0.2, 0.25) is 0 Å². The smallest absolute Gasteiger partial charge is 0.244 e. The van der Waals surface area contributed by atoms with Gasteiger partial charge in [0.1, 0.15) is 11.9 Å². The zero-order valence-electron chi connectivity index (χ0n) is 14.0. The van der Waals surface area contributed by atoms with Gasteiger partial charge in [-0.25, -0.2) is 4.39 Å². The summed E-state index contributed by atoms with van der Waals surface area (Å²) >= 11 is 1.58. The van der Waals surface area contributed by atoms with Crippen molar-refractivity contribution < 1.29 is 14.3 Å². The van der Waals surface area contributed by atoms with E-state index in [0.717, 1.165) is 4.88 Å². The Bertz CT molecular complexity index is 646. The molecule has 0 bridgehead atoms. The zero-order valence-corrected chi connectivity index (χ0v) is 14.8. The molecule has 6 heteroatoms. The molecular formula is C18H23FN2O2S. The molecule has 1 N–H and O–H groups in total. The highest BCUT2D eigenvalue weighted by Crippen LogP contribution is 2.25. The summed E-state index contributed by atoms with van der Waals surface area (Å²) in [6.45, 7) is 0.919. The quantitative estimate of drug-likeness (QED) is 0.796. The van der Waals surface area contributed by atoms with Gasteiger partial charge in [-0.1, -0.05) is 24.3 Å². The van der Waals surface area contributed by atoms with Crippen molar-refractivity contribution in [3.05, 3.63) is 58.0 Å². The molecule has 1 amide bonds. The third-order valence-corrected chi connectivity index (χ3v) is 4.64. The number of nitrogens with zero attached hydrogens (tertiary/aromatic N) is 2. The first-order chi connectivity index (χ1) is 11.5. The van der Waals surface area contributed by atoms with E-state index < -0.39 is 6.04 Å². The third-order valence-electron chi connectivity index (χ3n) is 3.77. The van der Waals surface area contributed by atoms with Crippen LogP contribution in [0.4, 0.5) is 4.39 Å². The summed E-state index contributed by atoms with van der Waals surface area (Å²) in [4.78, 5) is 17.6. The summed E-state index contributed by atoms with van der Waals surface area (Å²) in [5.74, 6) is -0.547. The van der Waals surface area contributed by atoms with Gasteiger partial charge in [0.15, 0.2) is 0 Å². The maximum absolute atomic E-state index is 14.2. The Morgan fingerprint density at radius 2 is 2.00 bits per heavy atom. The monoisotopic (exact) mass is 350 g/mol. The lowest BCUT2D eigenvalue weighted by Crippen LogP contribution is -2.41. The summed E-state index contributed by atoms with van der Waals surface area (Å²) in [6.07, 6.45) is 0.495. The standard InChI is InChI=1S/C18H23FN2O2S/c1-20(2)17(15-8-3-4-9-16(15)19)18(23)21(10-6-11-22)13-14-7-5-12-24-14/h3-5,7-9,12,17,22H,6,10-11,13H2,1-2H3. The molecule has 1 unspecified atom stereocenters. The fourth-order valence-corrected chi connectivity index (χ4v) is 3.34. The van der Waals surface area contributed by atoms with Crippen molar-refractivity contribution in [2.75, 3.05) is 27.2 Å². The molecular weight excluding hydrogens is 327 g/mol. The predicted octanol–water partition coefficient (Wildman–Crippen LogP) is 2.90. The number of halogens is 1. The second-order valence-corrected chi connectivity index (χ2v) is 6.84. The molecule has 1 aromatic heterocycles. The molecule has 1 heterocycles. The number of amides is 1. The second-order valence-electron chi connectivity index (χ2n) is 5.80. The van der Waals surface area contributed by atoms with Crippen LogP contribution < -0.4 is 0 Å². The second kappa shape index (κ2) is 8.92. The normalized spacial score (nSPS) is 12.4. The average molecular weight is 350 g/mol. The van der Waals surface area contributed by atoms with Crippen molar-refractivity contribution in [1.29, 1.82) is 0 Å². The molecule has 0 fully saturated rings. The maximum Gasteiger partial charge on any atom is 0.244 e. The van der Waals surface area contributed by atoms with Crippen LogP contribution in [0.1, 0.15) is 22.9 Å². The molecule has 0 aliphatic rings. The Morgan fingerprint density at radius 3 is 2.58 bits per heavy atom. The van der Waals surface area contributed by atoms with Crippen LogP contribution in [-0.2, 0) is 11.3 Å². The molecule has 1 aromatic carbocycles. The number of likely N-dealkylation sites (N-methyl/N-ethyl adjacent to an activating group) is 1. The van der Waals surface area contributed by atoms with Gasteiger partial charge in [-0.2, -0.15) is 0 Å². The van der Waals surface area contributed by atoms with Gasteiger partial charge in [0, 0.05) is 23.6 Å². The lowest BCUT2D eigenvalue weighted by Gasteiger charge is -2.31. The molecule has 24 heavy (non-hydrogen) atoms. The van der Waals surface area contributed by atoms with Gasteiger partial charge in [0.2, 0.25) is 5.91 Å². The minimum atomic E-state index is -0.690. The van der Waals surface area contributed by atoms with Crippen LogP contribution in [0.3, 0.4) is 0 Å². The maximum atomic E-state index is 14.2. The largest absolute Gasteiger partial charge is 0.396 e. The van der Waals surface area contributed by atoms with E-state index in [1.807, 2.05) is 17.5 Å². The van der Waals surface area contributed by atoms with Gasteiger partial charge in [-0.05, 0) is 38.0 Å². The van der Waals surface area contributed by atoms with E-state index in [0.29, 0.717) is 25.1 Å². The Morgan fingerprint density at radius 1 is 1.25 bits per heavy atom. The van der Waals surface area contributed by atoms with Gasteiger partial charge < -0.3 is 10.0 Å². The van der Waals surface area contributed by atoms with Crippen LogP contribution in [0, 0.1) is 5.82 Å². The number of rotatable bonds is 8. The Kier molecular flexibility index (Phi) is 6.90. The van der Waals surface area contributed by atoms with Crippen molar-refractivity contribution in [3.8, 4) is 0 Å². The highest BCUT2D eigenvalue weighted by Gasteiger charge is 2.29. The van der Waals surface area contributed by atoms with E-state index in [2.05, 4.69) is 0 Å². The highest BCUT2D eigenvalue weighted by molar-refractivity contribution is 7.09. The number of aliphatic hydroxyl groups is 1. The molecule has 1 atom stereocenters. The molecule has 2 rings (SSSR count). The molecule has 0 aliphatic heterocycles. The van der Waals surface area contributed by atoms with Gasteiger partial charge in [0.25, 0.3) is 0 Å². The number of hydrogen-bond donors (Lipinski definition) is 1. The minimum absolute atomic E-state index is 0.0144. The topological polar surface area (TPSA) is 43.8 Å². The Balaban J connectivity index is 2.28. The highest BCUT2D eigenvalue weighted by atomic mass is 32.1.